The first kappa shape index (κ1) is 10.5. The summed E-state index contributed by atoms with van der Waals surface area (Å²) in [5, 5.41) is -0.0245. The molecule has 2 aromatic rings. The lowest BCUT2D eigenvalue weighted by Crippen LogP contribution is -2.37. The average molecular weight is 226 g/mol. The summed E-state index contributed by atoms with van der Waals surface area (Å²) in [5.41, 5.74) is -1.15. The van der Waals surface area contributed by atoms with Crippen LogP contribution in [-0.2, 0) is 14.1 Å². The molecule has 0 saturated heterocycles. The fraction of sp³-hybridized carbons (Fsp3) is 0.200. The van der Waals surface area contributed by atoms with Gasteiger partial charge in [-0.25, -0.2) is 13.6 Å². The second-order valence-electron chi connectivity index (χ2n) is 3.49. The van der Waals surface area contributed by atoms with Crippen LogP contribution in [0.4, 0.5) is 8.78 Å². The Morgan fingerprint density at radius 2 is 1.56 bits per heavy atom. The van der Waals surface area contributed by atoms with E-state index in [1.165, 1.54) is 14.1 Å². The highest BCUT2D eigenvalue weighted by atomic mass is 19.2. The first-order valence-electron chi connectivity index (χ1n) is 4.48. The Labute approximate surface area is 88.4 Å². The summed E-state index contributed by atoms with van der Waals surface area (Å²) in [5.74, 6) is -2.20. The van der Waals surface area contributed by atoms with E-state index in [1.807, 2.05) is 0 Å². The molecule has 4 nitrogen and oxygen atoms in total. The first-order chi connectivity index (χ1) is 7.43. The number of nitrogens with zero attached hydrogens (tertiary/aromatic N) is 2. The Bertz CT molecular complexity index is 701. The van der Waals surface area contributed by atoms with Crippen molar-refractivity contribution in [2.24, 2.45) is 14.1 Å². The molecule has 0 radical (unpaired) electrons. The average Bonchev–Trinajstić information content (AvgIpc) is 2.26. The Kier molecular flexibility index (Phi) is 2.15. The lowest BCUT2D eigenvalue weighted by atomic mass is 10.2. The van der Waals surface area contributed by atoms with Gasteiger partial charge in [-0.2, -0.15) is 0 Å². The van der Waals surface area contributed by atoms with Gasteiger partial charge in [-0.05, 0) is 6.07 Å². The number of aromatic nitrogens is 2. The summed E-state index contributed by atoms with van der Waals surface area (Å²) >= 11 is 0. The topological polar surface area (TPSA) is 44.0 Å². The summed E-state index contributed by atoms with van der Waals surface area (Å²) < 4.78 is 27.9. The molecule has 1 heterocycles. The molecule has 0 fully saturated rings. The molecular formula is C10H8F2N2O2. The van der Waals surface area contributed by atoms with Crippen LogP contribution in [0, 0.1) is 11.6 Å². The molecule has 0 aliphatic heterocycles. The van der Waals surface area contributed by atoms with Gasteiger partial charge >= 0.3 is 5.69 Å². The van der Waals surface area contributed by atoms with Crippen LogP contribution in [0.15, 0.2) is 21.7 Å². The molecule has 0 bridgehead atoms. The smallest absolute Gasteiger partial charge is 0.296 e. The van der Waals surface area contributed by atoms with Gasteiger partial charge in [0.05, 0.1) is 10.9 Å². The van der Waals surface area contributed by atoms with Crippen LogP contribution in [0.1, 0.15) is 0 Å². The molecule has 0 aliphatic rings. The Morgan fingerprint density at radius 3 is 2.19 bits per heavy atom. The van der Waals surface area contributed by atoms with Gasteiger partial charge < -0.3 is 0 Å². The quantitative estimate of drug-likeness (QED) is 0.657. The van der Waals surface area contributed by atoms with Crippen LogP contribution < -0.4 is 11.2 Å². The monoisotopic (exact) mass is 226 g/mol. The first-order valence-corrected chi connectivity index (χ1v) is 4.48. The third-order valence-electron chi connectivity index (χ3n) is 2.51. The third-order valence-corrected chi connectivity index (χ3v) is 2.51. The van der Waals surface area contributed by atoms with E-state index in [0.29, 0.717) is 0 Å². The molecular weight excluding hydrogens is 218 g/mol. The predicted molar refractivity (Wildman–Crippen MR) is 54.3 cm³/mol. The molecule has 1 aromatic heterocycles. The zero-order valence-corrected chi connectivity index (χ0v) is 8.62. The molecule has 6 heteroatoms. The highest BCUT2D eigenvalue weighted by molar-refractivity contribution is 5.78. The molecule has 0 amide bonds. The summed E-state index contributed by atoms with van der Waals surface area (Å²) in [6.07, 6.45) is 0. The van der Waals surface area contributed by atoms with Gasteiger partial charge in [0.2, 0.25) is 0 Å². The lowest BCUT2D eigenvalue weighted by molar-refractivity contribution is 0.509. The van der Waals surface area contributed by atoms with Crippen LogP contribution in [0.25, 0.3) is 10.9 Å². The van der Waals surface area contributed by atoms with E-state index in [2.05, 4.69) is 0 Å². The minimum atomic E-state index is -1.11. The van der Waals surface area contributed by atoms with Crippen LogP contribution in [0.2, 0.25) is 0 Å². The van der Waals surface area contributed by atoms with Crippen molar-refractivity contribution in [3.05, 3.63) is 44.6 Å². The largest absolute Gasteiger partial charge is 0.330 e. The zero-order valence-electron chi connectivity index (χ0n) is 8.62. The van der Waals surface area contributed by atoms with Crippen LogP contribution in [0.3, 0.4) is 0 Å². The van der Waals surface area contributed by atoms with E-state index >= 15 is 0 Å². The Morgan fingerprint density at radius 1 is 1.00 bits per heavy atom. The third kappa shape index (κ3) is 1.26. The number of hydrogen-bond donors (Lipinski definition) is 0. The molecule has 2 rings (SSSR count). The molecule has 0 atom stereocenters. The van der Waals surface area contributed by atoms with Gasteiger partial charge in [-0.15, -0.1) is 0 Å². The minimum absolute atomic E-state index is 0.0245. The van der Waals surface area contributed by atoms with Crippen molar-refractivity contribution in [1.82, 2.24) is 9.13 Å². The predicted octanol–water partition coefficient (Wildman–Crippen LogP) is 0.515. The summed E-state index contributed by atoms with van der Waals surface area (Å²) in [4.78, 5) is 23.1. The molecule has 0 unspecified atom stereocenters. The maximum absolute atomic E-state index is 13.0. The van der Waals surface area contributed by atoms with E-state index in [4.69, 9.17) is 0 Å². The molecule has 84 valence electrons. The van der Waals surface area contributed by atoms with Gasteiger partial charge in [0.15, 0.2) is 11.6 Å². The second kappa shape index (κ2) is 3.26. The summed E-state index contributed by atoms with van der Waals surface area (Å²) in [6.45, 7) is 0. The second-order valence-corrected chi connectivity index (χ2v) is 3.49. The summed E-state index contributed by atoms with van der Waals surface area (Å²) in [6, 6.07) is 1.64. The Balaban J connectivity index is 3.16. The van der Waals surface area contributed by atoms with Crippen molar-refractivity contribution in [1.29, 1.82) is 0 Å². The maximum Gasteiger partial charge on any atom is 0.330 e. The number of rotatable bonds is 0. The van der Waals surface area contributed by atoms with E-state index in [0.717, 1.165) is 21.3 Å². The normalized spacial score (nSPS) is 11.0. The highest BCUT2D eigenvalue weighted by Crippen LogP contribution is 2.13. The van der Waals surface area contributed by atoms with Crippen molar-refractivity contribution in [3.63, 3.8) is 0 Å². The standard InChI is InChI=1S/C10H8F2N2O2/c1-13-8-4-7(12)6(11)3-5(8)9(15)14(2)10(13)16/h3-4H,1-2H3. The summed E-state index contributed by atoms with van der Waals surface area (Å²) in [7, 11) is 2.67. The molecule has 16 heavy (non-hydrogen) atoms. The number of benzene rings is 1. The Hall–Kier alpha value is -1.98. The van der Waals surface area contributed by atoms with Crippen molar-refractivity contribution < 1.29 is 8.78 Å². The van der Waals surface area contributed by atoms with Crippen molar-refractivity contribution in [2.45, 2.75) is 0 Å². The van der Waals surface area contributed by atoms with Crippen molar-refractivity contribution >= 4 is 10.9 Å². The molecule has 0 aliphatic carbocycles. The SMILES string of the molecule is Cn1c(=O)c2cc(F)c(F)cc2n(C)c1=O. The van der Waals surface area contributed by atoms with Crippen molar-refractivity contribution in [3.8, 4) is 0 Å². The van der Waals surface area contributed by atoms with E-state index < -0.39 is 22.9 Å². The minimum Gasteiger partial charge on any atom is -0.296 e. The fourth-order valence-electron chi connectivity index (χ4n) is 1.58. The fourth-order valence-corrected chi connectivity index (χ4v) is 1.58. The zero-order chi connectivity index (χ0) is 12.0. The van der Waals surface area contributed by atoms with Gasteiger partial charge in [0, 0.05) is 20.2 Å². The van der Waals surface area contributed by atoms with Gasteiger partial charge in [-0.1, -0.05) is 0 Å². The van der Waals surface area contributed by atoms with Crippen LogP contribution in [-0.4, -0.2) is 9.13 Å². The molecule has 0 saturated carbocycles. The number of aryl methyl sites for hydroxylation is 1. The molecule has 0 spiro atoms. The van der Waals surface area contributed by atoms with E-state index in [1.54, 1.807) is 0 Å². The van der Waals surface area contributed by atoms with E-state index in [9.17, 15) is 18.4 Å². The number of halogens is 2. The lowest BCUT2D eigenvalue weighted by Gasteiger charge is -2.07. The number of hydrogen-bond acceptors (Lipinski definition) is 2. The van der Waals surface area contributed by atoms with Crippen LogP contribution in [0.5, 0.6) is 0 Å². The van der Waals surface area contributed by atoms with Gasteiger partial charge in [0.1, 0.15) is 0 Å². The molecule has 1 aromatic carbocycles. The van der Waals surface area contributed by atoms with Crippen LogP contribution >= 0.6 is 0 Å². The number of fused-ring (bicyclic) bond motifs is 1. The maximum atomic E-state index is 13.0. The molecule has 0 N–H and O–H groups in total. The highest BCUT2D eigenvalue weighted by Gasteiger charge is 2.12. The van der Waals surface area contributed by atoms with Gasteiger partial charge in [-0.3, -0.25) is 13.9 Å². The van der Waals surface area contributed by atoms with Gasteiger partial charge in [0.25, 0.3) is 5.56 Å². The van der Waals surface area contributed by atoms with Crippen molar-refractivity contribution in [2.75, 3.05) is 0 Å². The van der Waals surface area contributed by atoms with E-state index in [-0.39, 0.29) is 10.9 Å².